The van der Waals surface area contributed by atoms with Gasteiger partial charge in [-0.05, 0) is 27.6 Å². The Kier molecular flexibility index (Phi) is 4.74. The lowest BCUT2D eigenvalue weighted by Gasteiger charge is -2.21. The molecule has 0 bridgehead atoms. The average molecular weight is 339 g/mol. The molecule has 5 heteroatoms. The van der Waals surface area contributed by atoms with Crippen LogP contribution in [0.2, 0.25) is 0 Å². The van der Waals surface area contributed by atoms with E-state index < -0.39 is 6.04 Å². The van der Waals surface area contributed by atoms with Gasteiger partial charge in [0, 0.05) is 21.8 Å². The summed E-state index contributed by atoms with van der Waals surface area (Å²) in [5, 5.41) is 2.00. The van der Waals surface area contributed by atoms with E-state index in [1.165, 1.54) is 0 Å². The number of halogens is 1. The highest BCUT2D eigenvalue weighted by Gasteiger charge is 2.19. The lowest BCUT2D eigenvalue weighted by molar-refractivity contribution is -0.131. The summed E-state index contributed by atoms with van der Waals surface area (Å²) in [7, 11) is 1.78. The van der Waals surface area contributed by atoms with Crippen molar-refractivity contribution in [3.05, 3.63) is 56.7 Å². The van der Waals surface area contributed by atoms with E-state index >= 15 is 0 Å². The molecule has 2 N–H and O–H groups in total. The SMILES string of the molecule is CN(Cc1cc(Br)cs1)C(=O)[C@H](N)c1ccccc1. The Balaban J connectivity index is 2.03. The third-order valence-electron chi connectivity index (χ3n) is 2.82. The molecule has 0 aliphatic carbocycles. The van der Waals surface area contributed by atoms with Crippen LogP contribution in [0.15, 0.2) is 46.3 Å². The molecule has 1 aromatic heterocycles. The fraction of sp³-hybridized carbons (Fsp3) is 0.214. The molecule has 0 saturated heterocycles. The van der Waals surface area contributed by atoms with Crippen LogP contribution in [-0.2, 0) is 11.3 Å². The van der Waals surface area contributed by atoms with Crippen molar-refractivity contribution < 1.29 is 4.79 Å². The van der Waals surface area contributed by atoms with Gasteiger partial charge in [-0.2, -0.15) is 0 Å². The molecular formula is C14H15BrN2OS. The van der Waals surface area contributed by atoms with E-state index in [0.29, 0.717) is 6.54 Å². The lowest BCUT2D eigenvalue weighted by Crippen LogP contribution is -2.35. The van der Waals surface area contributed by atoms with E-state index in [9.17, 15) is 4.79 Å². The van der Waals surface area contributed by atoms with Crippen LogP contribution in [0.5, 0.6) is 0 Å². The molecule has 0 fully saturated rings. The summed E-state index contributed by atoms with van der Waals surface area (Å²) in [5.74, 6) is -0.0734. The van der Waals surface area contributed by atoms with E-state index in [1.807, 2.05) is 41.8 Å². The third kappa shape index (κ3) is 3.65. The van der Waals surface area contributed by atoms with Gasteiger partial charge in [-0.25, -0.2) is 0 Å². The molecule has 0 spiro atoms. The van der Waals surface area contributed by atoms with E-state index in [4.69, 9.17) is 5.73 Å². The first-order chi connectivity index (χ1) is 9.08. The molecule has 1 amide bonds. The van der Waals surface area contributed by atoms with Gasteiger partial charge in [0.05, 0.1) is 6.54 Å². The van der Waals surface area contributed by atoms with Crippen molar-refractivity contribution in [3.8, 4) is 0 Å². The molecule has 1 atom stereocenters. The monoisotopic (exact) mass is 338 g/mol. The summed E-state index contributed by atoms with van der Waals surface area (Å²) in [6, 6.07) is 10.8. The van der Waals surface area contributed by atoms with Crippen molar-refractivity contribution in [2.24, 2.45) is 5.73 Å². The first-order valence-corrected chi connectivity index (χ1v) is 7.53. The first kappa shape index (κ1) is 14.2. The van der Waals surface area contributed by atoms with Gasteiger partial charge in [0.2, 0.25) is 5.91 Å². The van der Waals surface area contributed by atoms with E-state index in [0.717, 1.165) is 14.9 Å². The molecule has 0 aliphatic rings. The van der Waals surface area contributed by atoms with Crippen LogP contribution < -0.4 is 5.73 Å². The highest BCUT2D eigenvalue weighted by atomic mass is 79.9. The van der Waals surface area contributed by atoms with Gasteiger partial charge in [0.1, 0.15) is 6.04 Å². The second kappa shape index (κ2) is 6.32. The lowest BCUT2D eigenvalue weighted by atomic mass is 10.1. The number of thiophene rings is 1. The minimum atomic E-state index is -0.602. The van der Waals surface area contributed by atoms with Crippen molar-refractivity contribution in [2.75, 3.05) is 7.05 Å². The molecule has 100 valence electrons. The molecule has 2 aromatic rings. The highest BCUT2D eigenvalue weighted by molar-refractivity contribution is 9.10. The summed E-state index contributed by atoms with van der Waals surface area (Å²) in [4.78, 5) is 15.0. The maximum Gasteiger partial charge on any atom is 0.244 e. The number of carbonyl (C=O) groups is 1. The smallest absolute Gasteiger partial charge is 0.244 e. The van der Waals surface area contributed by atoms with Crippen molar-refractivity contribution in [3.63, 3.8) is 0 Å². The number of nitrogens with zero attached hydrogens (tertiary/aromatic N) is 1. The summed E-state index contributed by atoms with van der Waals surface area (Å²) in [6.45, 7) is 0.579. The second-order valence-corrected chi connectivity index (χ2v) is 6.23. The first-order valence-electron chi connectivity index (χ1n) is 5.86. The molecule has 2 rings (SSSR count). The Morgan fingerprint density at radius 3 is 2.68 bits per heavy atom. The molecule has 0 radical (unpaired) electrons. The van der Waals surface area contributed by atoms with Crippen molar-refractivity contribution in [2.45, 2.75) is 12.6 Å². The topological polar surface area (TPSA) is 46.3 Å². The molecular weight excluding hydrogens is 324 g/mol. The number of nitrogens with two attached hydrogens (primary N) is 1. The average Bonchev–Trinajstić information content (AvgIpc) is 2.83. The van der Waals surface area contributed by atoms with Crippen molar-refractivity contribution >= 4 is 33.2 Å². The Hall–Kier alpha value is -1.17. The number of likely N-dealkylation sites (N-methyl/N-ethyl adjacent to an activating group) is 1. The summed E-state index contributed by atoms with van der Waals surface area (Å²) < 4.78 is 1.04. The molecule has 19 heavy (non-hydrogen) atoms. The van der Waals surface area contributed by atoms with E-state index in [1.54, 1.807) is 23.3 Å². The summed E-state index contributed by atoms with van der Waals surface area (Å²) in [6.07, 6.45) is 0. The van der Waals surface area contributed by atoms with Crippen LogP contribution in [0.3, 0.4) is 0 Å². The zero-order chi connectivity index (χ0) is 13.8. The zero-order valence-corrected chi connectivity index (χ0v) is 12.9. The van der Waals surface area contributed by atoms with E-state index in [2.05, 4.69) is 15.9 Å². The van der Waals surface area contributed by atoms with Crippen LogP contribution in [0.1, 0.15) is 16.5 Å². The zero-order valence-electron chi connectivity index (χ0n) is 10.5. The predicted molar refractivity (Wildman–Crippen MR) is 81.9 cm³/mol. The molecule has 1 heterocycles. The molecule has 0 saturated carbocycles. The maximum absolute atomic E-state index is 12.2. The van der Waals surface area contributed by atoms with Crippen LogP contribution >= 0.6 is 27.3 Å². The van der Waals surface area contributed by atoms with Gasteiger partial charge < -0.3 is 10.6 Å². The van der Waals surface area contributed by atoms with Crippen LogP contribution in [0, 0.1) is 0 Å². The normalized spacial score (nSPS) is 12.2. The predicted octanol–water partition coefficient (Wildman–Crippen LogP) is 3.17. The van der Waals surface area contributed by atoms with Crippen LogP contribution in [0.25, 0.3) is 0 Å². The maximum atomic E-state index is 12.2. The largest absolute Gasteiger partial charge is 0.339 e. The molecule has 0 aliphatic heterocycles. The summed E-state index contributed by atoms with van der Waals surface area (Å²) in [5.41, 5.74) is 6.84. The van der Waals surface area contributed by atoms with Crippen molar-refractivity contribution in [1.29, 1.82) is 0 Å². The fourth-order valence-electron chi connectivity index (χ4n) is 1.79. The molecule has 3 nitrogen and oxygen atoms in total. The Bertz CT molecular complexity index is 556. The van der Waals surface area contributed by atoms with Gasteiger partial charge in [0.25, 0.3) is 0 Å². The van der Waals surface area contributed by atoms with Crippen molar-refractivity contribution in [1.82, 2.24) is 4.90 Å². The van der Waals surface area contributed by atoms with Gasteiger partial charge in [-0.15, -0.1) is 11.3 Å². The van der Waals surface area contributed by atoms with Gasteiger partial charge in [-0.3, -0.25) is 4.79 Å². The highest BCUT2D eigenvalue weighted by Crippen LogP contribution is 2.22. The minimum Gasteiger partial charge on any atom is -0.339 e. The molecule has 0 unspecified atom stereocenters. The van der Waals surface area contributed by atoms with E-state index in [-0.39, 0.29) is 5.91 Å². The number of hydrogen-bond acceptors (Lipinski definition) is 3. The number of rotatable bonds is 4. The number of hydrogen-bond donors (Lipinski definition) is 1. The Labute approximate surface area is 125 Å². The van der Waals surface area contributed by atoms with Gasteiger partial charge >= 0.3 is 0 Å². The number of carbonyl (C=O) groups excluding carboxylic acids is 1. The van der Waals surface area contributed by atoms with Crippen LogP contribution in [0.4, 0.5) is 0 Å². The number of amides is 1. The molecule has 1 aromatic carbocycles. The Morgan fingerprint density at radius 2 is 2.11 bits per heavy atom. The van der Waals surface area contributed by atoms with Gasteiger partial charge in [-0.1, -0.05) is 30.3 Å². The quantitative estimate of drug-likeness (QED) is 0.930. The standard InChI is InChI=1S/C14H15BrN2OS/c1-17(8-12-7-11(15)9-19-12)14(18)13(16)10-5-3-2-4-6-10/h2-7,9,13H,8,16H2,1H3/t13-/m1/s1. The second-order valence-electron chi connectivity index (χ2n) is 4.31. The number of benzene rings is 1. The summed E-state index contributed by atoms with van der Waals surface area (Å²) >= 11 is 5.03. The van der Waals surface area contributed by atoms with Crippen LogP contribution in [-0.4, -0.2) is 17.9 Å². The Morgan fingerprint density at radius 1 is 1.42 bits per heavy atom. The third-order valence-corrected chi connectivity index (χ3v) is 4.50. The minimum absolute atomic E-state index is 0.0734. The fourth-order valence-corrected chi connectivity index (χ4v) is 3.29. The van der Waals surface area contributed by atoms with Gasteiger partial charge in [0.15, 0.2) is 0 Å².